The number of anilines is 2. The Hall–Kier alpha value is -3.30. The molecule has 10 nitrogen and oxygen atoms in total. The van der Waals surface area contributed by atoms with E-state index in [0.29, 0.717) is 18.8 Å². The Morgan fingerprint density at radius 2 is 1.81 bits per heavy atom. The lowest BCUT2D eigenvalue weighted by Crippen LogP contribution is -2.60. The SMILES string of the molecule is Cc1nnc2ccc(N3CC(N(C)C(=O)c4ccc(N(C)C)nn4)C3)nn12. The molecule has 0 bridgehead atoms. The first-order valence-corrected chi connectivity index (χ1v) is 8.66. The quantitative estimate of drug-likeness (QED) is 0.648. The van der Waals surface area contributed by atoms with E-state index < -0.39 is 0 Å². The molecule has 1 saturated heterocycles. The normalized spacial score (nSPS) is 14.3. The summed E-state index contributed by atoms with van der Waals surface area (Å²) in [6.07, 6.45) is 0. The summed E-state index contributed by atoms with van der Waals surface area (Å²) in [5.74, 6) is 2.18. The van der Waals surface area contributed by atoms with Crippen LogP contribution in [-0.4, -0.2) is 81.1 Å². The molecule has 1 amide bonds. The Morgan fingerprint density at radius 1 is 1.04 bits per heavy atom. The second kappa shape index (κ2) is 6.45. The summed E-state index contributed by atoms with van der Waals surface area (Å²) < 4.78 is 1.72. The van der Waals surface area contributed by atoms with Crippen LogP contribution in [0, 0.1) is 6.92 Å². The van der Waals surface area contributed by atoms with Gasteiger partial charge in [-0.2, -0.15) is 4.52 Å². The highest BCUT2D eigenvalue weighted by Gasteiger charge is 2.34. The average molecular weight is 367 g/mol. The van der Waals surface area contributed by atoms with E-state index in [1.165, 1.54) is 0 Å². The van der Waals surface area contributed by atoms with Gasteiger partial charge in [-0.05, 0) is 31.2 Å². The zero-order chi connectivity index (χ0) is 19.1. The summed E-state index contributed by atoms with van der Waals surface area (Å²) in [5, 5.41) is 20.8. The van der Waals surface area contributed by atoms with Gasteiger partial charge in [-0.3, -0.25) is 4.79 Å². The highest BCUT2D eigenvalue weighted by atomic mass is 16.2. The number of carbonyl (C=O) groups is 1. The average Bonchev–Trinajstić information content (AvgIpc) is 3.00. The number of hydrogen-bond donors (Lipinski definition) is 0. The van der Waals surface area contributed by atoms with E-state index in [2.05, 4.69) is 30.4 Å². The largest absolute Gasteiger partial charge is 0.361 e. The van der Waals surface area contributed by atoms with Crippen molar-refractivity contribution in [3.63, 3.8) is 0 Å². The van der Waals surface area contributed by atoms with Crippen molar-refractivity contribution in [3.05, 3.63) is 35.8 Å². The third kappa shape index (κ3) is 3.03. The highest BCUT2D eigenvalue weighted by molar-refractivity contribution is 5.92. The Balaban J connectivity index is 1.41. The van der Waals surface area contributed by atoms with Gasteiger partial charge >= 0.3 is 0 Å². The summed E-state index contributed by atoms with van der Waals surface area (Å²) in [4.78, 5) is 18.3. The number of carbonyl (C=O) groups excluding carboxylic acids is 1. The molecule has 1 fully saturated rings. The van der Waals surface area contributed by atoms with Crippen molar-refractivity contribution in [2.75, 3.05) is 44.0 Å². The van der Waals surface area contributed by atoms with Crippen molar-refractivity contribution in [1.82, 2.24) is 34.9 Å². The Kier molecular flexibility index (Phi) is 4.09. The van der Waals surface area contributed by atoms with E-state index in [4.69, 9.17) is 0 Å². The number of hydrogen-bond acceptors (Lipinski definition) is 8. The van der Waals surface area contributed by atoms with Gasteiger partial charge in [0.2, 0.25) is 0 Å². The molecule has 4 heterocycles. The molecular weight excluding hydrogens is 346 g/mol. The molecule has 0 radical (unpaired) electrons. The van der Waals surface area contributed by atoms with Crippen molar-refractivity contribution >= 4 is 23.2 Å². The number of rotatable bonds is 4. The third-order valence-corrected chi connectivity index (χ3v) is 4.79. The molecule has 0 spiro atoms. The van der Waals surface area contributed by atoms with Crippen LogP contribution in [0.1, 0.15) is 16.3 Å². The molecule has 10 heteroatoms. The molecule has 1 aliphatic heterocycles. The van der Waals surface area contributed by atoms with Crippen LogP contribution in [0.5, 0.6) is 0 Å². The summed E-state index contributed by atoms with van der Waals surface area (Å²) in [5.41, 5.74) is 1.07. The van der Waals surface area contributed by atoms with Crippen LogP contribution in [0.15, 0.2) is 24.3 Å². The fourth-order valence-electron chi connectivity index (χ4n) is 2.97. The van der Waals surface area contributed by atoms with E-state index >= 15 is 0 Å². The maximum atomic E-state index is 12.6. The first kappa shape index (κ1) is 17.1. The summed E-state index contributed by atoms with van der Waals surface area (Å²) >= 11 is 0. The Morgan fingerprint density at radius 3 is 2.48 bits per heavy atom. The van der Waals surface area contributed by atoms with Crippen LogP contribution in [0.3, 0.4) is 0 Å². The van der Waals surface area contributed by atoms with E-state index in [-0.39, 0.29) is 11.9 Å². The zero-order valence-corrected chi connectivity index (χ0v) is 15.7. The number of aryl methyl sites for hydroxylation is 1. The van der Waals surface area contributed by atoms with Gasteiger partial charge in [0.05, 0.1) is 6.04 Å². The summed E-state index contributed by atoms with van der Waals surface area (Å²) in [6, 6.07) is 7.43. The molecule has 3 aromatic rings. The van der Waals surface area contributed by atoms with E-state index in [1.807, 2.05) is 38.1 Å². The lowest BCUT2D eigenvalue weighted by atomic mass is 10.1. The molecule has 27 heavy (non-hydrogen) atoms. The topological polar surface area (TPSA) is 95.7 Å². The lowest BCUT2D eigenvalue weighted by Gasteiger charge is -2.44. The monoisotopic (exact) mass is 367 g/mol. The van der Waals surface area contributed by atoms with Crippen LogP contribution >= 0.6 is 0 Å². The zero-order valence-electron chi connectivity index (χ0n) is 15.7. The number of aromatic nitrogens is 6. The number of nitrogens with zero attached hydrogens (tertiary/aromatic N) is 9. The van der Waals surface area contributed by atoms with Crippen LogP contribution in [0.2, 0.25) is 0 Å². The predicted octanol–water partition coefficient (Wildman–Crippen LogP) is 0.250. The standard InChI is InChI=1S/C17H21N9O/c1-11-18-21-15-7-8-16(22-26(11)15)25-9-12(10-25)24(4)17(27)13-5-6-14(20-19-13)23(2)3/h5-8,12H,9-10H2,1-4H3. The minimum atomic E-state index is -0.129. The van der Waals surface area contributed by atoms with Gasteiger partial charge in [0.25, 0.3) is 5.91 Å². The van der Waals surface area contributed by atoms with Crippen LogP contribution < -0.4 is 9.80 Å². The van der Waals surface area contributed by atoms with Gasteiger partial charge < -0.3 is 14.7 Å². The van der Waals surface area contributed by atoms with Gasteiger partial charge in [-0.25, -0.2) is 0 Å². The molecule has 4 rings (SSSR count). The van der Waals surface area contributed by atoms with Crippen molar-refractivity contribution < 1.29 is 4.79 Å². The van der Waals surface area contributed by atoms with Crippen LogP contribution in [0.25, 0.3) is 5.65 Å². The predicted molar refractivity (Wildman–Crippen MR) is 100.0 cm³/mol. The smallest absolute Gasteiger partial charge is 0.274 e. The van der Waals surface area contributed by atoms with Gasteiger partial charge in [0, 0.05) is 34.2 Å². The Labute approximate surface area is 156 Å². The fourth-order valence-corrected chi connectivity index (χ4v) is 2.97. The van der Waals surface area contributed by atoms with Gasteiger partial charge in [0.1, 0.15) is 5.82 Å². The van der Waals surface area contributed by atoms with E-state index in [0.717, 1.165) is 23.1 Å². The number of amides is 1. The Bertz CT molecular complexity index is 976. The minimum Gasteiger partial charge on any atom is -0.361 e. The minimum absolute atomic E-state index is 0.104. The molecule has 3 aromatic heterocycles. The molecule has 0 aromatic carbocycles. The molecule has 1 aliphatic rings. The second-order valence-electron chi connectivity index (χ2n) is 6.85. The summed E-state index contributed by atoms with van der Waals surface area (Å²) in [7, 11) is 5.56. The molecule has 140 valence electrons. The van der Waals surface area contributed by atoms with Crippen molar-refractivity contribution in [3.8, 4) is 0 Å². The summed E-state index contributed by atoms with van der Waals surface area (Å²) in [6.45, 7) is 3.29. The fraction of sp³-hybridized carbons (Fsp3) is 0.412. The van der Waals surface area contributed by atoms with Gasteiger partial charge in [-0.15, -0.1) is 25.5 Å². The van der Waals surface area contributed by atoms with Crippen molar-refractivity contribution in [2.24, 2.45) is 0 Å². The number of fused-ring (bicyclic) bond motifs is 1. The van der Waals surface area contributed by atoms with Gasteiger partial charge in [-0.1, -0.05) is 0 Å². The van der Waals surface area contributed by atoms with E-state index in [9.17, 15) is 4.79 Å². The molecule has 0 atom stereocenters. The first-order chi connectivity index (χ1) is 12.9. The van der Waals surface area contributed by atoms with Gasteiger partial charge in [0.15, 0.2) is 23.0 Å². The lowest BCUT2D eigenvalue weighted by molar-refractivity contribution is 0.0698. The third-order valence-electron chi connectivity index (χ3n) is 4.79. The van der Waals surface area contributed by atoms with Crippen molar-refractivity contribution in [2.45, 2.75) is 13.0 Å². The maximum Gasteiger partial charge on any atom is 0.274 e. The molecule has 0 N–H and O–H groups in total. The molecule has 0 unspecified atom stereocenters. The van der Waals surface area contributed by atoms with E-state index in [1.54, 1.807) is 28.6 Å². The van der Waals surface area contributed by atoms with Crippen LogP contribution in [0.4, 0.5) is 11.6 Å². The molecule has 0 saturated carbocycles. The molecule has 0 aliphatic carbocycles. The number of likely N-dealkylation sites (N-methyl/N-ethyl adjacent to an activating group) is 1. The van der Waals surface area contributed by atoms with Crippen molar-refractivity contribution in [1.29, 1.82) is 0 Å². The van der Waals surface area contributed by atoms with Crippen LogP contribution in [-0.2, 0) is 0 Å². The maximum absolute atomic E-state index is 12.6. The highest BCUT2D eigenvalue weighted by Crippen LogP contribution is 2.22. The molecular formula is C17H21N9O. The first-order valence-electron chi connectivity index (χ1n) is 8.66. The second-order valence-corrected chi connectivity index (χ2v) is 6.85.